The second-order valence-electron chi connectivity index (χ2n) is 14.0. The number of fused-ring (bicyclic) bond motifs is 1. The molecule has 0 bridgehead atoms. The molecule has 1 atom stereocenters. The van der Waals surface area contributed by atoms with Crippen molar-refractivity contribution in [3.05, 3.63) is 236 Å². The molecule has 0 saturated heterocycles. The SMILES string of the molecule is c1ccc(Nc2cccc(OC(Nc3ccccc3)(c3cccc(Nc4ccccc4)c3)c3cccc(Nc4ccccc4)c3-c3ccc4ccccc4n3)c2)cc1. The Morgan fingerprint density at radius 1 is 0.397 bits per heavy atom. The quantitative estimate of drug-likeness (QED) is 0.0880. The van der Waals surface area contributed by atoms with Gasteiger partial charge in [0.2, 0.25) is 5.72 Å². The lowest BCUT2D eigenvalue weighted by molar-refractivity contribution is 0.143. The number of ether oxygens (including phenoxy) is 1. The minimum atomic E-state index is -1.32. The lowest BCUT2D eigenvalue weighted by Crippen LogP contribution is -2.43. The van der Waals surface area contributed by atoms with Crippen LogP contribution >= 0.6 is 0 Å². The van der Waals surface area contributed by atoms with E-state index in [1.54, 1.807) is 0 Å². The molecule has 0 spiro atoms. The van der Waals surface area contributed by atoms with Crippen LogP contribution in [0.4, 0.5) is 39.8 Å². The third kappa shape index (κ3) is 7.94. The van der Waals surface area contributed by atoms with Crippen LogP contribution in [0.2, 0.25) is 0 Å². The first-order valence-corrected chi connectivity index (χ1v) is 19.4. The first kappa shape index (κ1) is 35.8. The Labute approximate surface area is 338 Å². The van der Waals surface area contributed by atoms with Crippen molar-refractivity contribution in [2.75, 3.05) is 21.3 Å². The van der Waals surface area contributed by atoms with Crippen molar-refractivity contribution >= 4 is 50.7 Å². The molecule has 1 unspecified atom stereocenters. The molecule has 280 valence electrons. The van der Waals surface area contributed by atoms with Gasteiger partial charge in [0.15, 0.2) is 0 Å². The molecule has 0 fully saturated rings. The maximum atomic E-state index is 7.58. The highest BCUT2D eigenvalue weighted by Gasteiger charge is 2.41. The summed E-state index contributed by atoms with van der Waals surface area (Å²) in [7, 11) is 0. The fourth-order valence-corrected chi connectivity index (χ4v) is 7.27. The normalized spacial score (nSPS) is 11.9. The molecule has 9 aromatic rings. The zero-order valence-electron chi connectivity index (χ0n) is 31.7. The van der Waals surface area contributed by atoms with Gasteiger partial charge >= 0.3 is 0 Å². The molecule has 6 heteroatoms. The third-order valence-corrected chi connectivity index (χ3v) is 9.94. The van der Waals surface area contributed by atoms with Crippen LogP contribution in [0, 0.1) is 0 Å². The number of nitrogens with zero attached hydrogens (tertiary/aromatic N) is 1. The van der Waals surface area contributed by atoms with Gasteiger partial charge in [-0.05, 0) is 91.0 Å². The summed E-state index contributed by atoms with van der Waals surface area (Å²) in [4.78, 5) is 5.32. The molecule has 0 amide bonds. The van der Waals surface area contributed by atoms with Gasteiger partial charge in [-0.25, -0.2) is 4.98 Å². The number of nitrogens with one attached hydrogen (secondary N) is 4. The molecule has 8 aromatic carbocycles. The maximum absolute atomic E-state index is 7.58. The molecule has 0 aliphatic rings. The van der Waals surface area contributed by atoms with E-state index in [1.165, 1.54) is 0 Å². The van der Waals surface area contributed by atoms with E-state index < -0.39 is 5.72 Å². The minimum Gasteiger partial charge on any atom is -0.460 e. The van der Waals surface area contributed by atoms with Gasteiger partial charge in [0.25, 0.3) is 0 Å². The summed E-state index contributed by atoms with van der Waals surface area (Å²) in [5.74, 6) is 0.657. The number of para-hydroxylation sites is 5. The first-order valence-electron chi connectivity index (χ1n) is 19.4. The topological polar surface area (TPSA) is 70.2 Å². The van der Waals surface area contributed by atoms with Crippen LogP contribution in [0.15, 0.2) is 224 Å². The number of rotatable bonds is 13. The van der Waals surface area contributed by atoms with E-state index >= 15 is 0 Å². The molecule has 0 saturated carbocycles. The van der Waals surface area contributed by atoms with Gasteiger partial charge in [-0.3, -0.25) is 0 Å². The number of anilines is 7. The molecule has 0 radical (unpaired) electrons. The highest BCUT2D eigenvalue weighted by Crippen LogP contribution is 2.45. The summed E-state index contributed by atoms with van der Waals surface area (Å²) in [5.41, 5.74) is 9.49. The Kier molecular flexibility index (Phi) is 10.2. The van der Waals surface area contributed by atoms with Crippen LogP contribution in [-0.2, 0) is 5.72 Å². The summed E-state index contributed by atoms with van der Waals surface area (Å²) in [6, 6.07) is 76.1. The van der Waals surface area contributed by atoms with E-state index in [-0.39, 0.29) is 0 Å². The van der Waals surface area contributed by atoms with E-state index in [4.69, 9.17) is 9.72 Å². The number of aromatic nitrogens is 1. The van der Waals surface area contributed by atoms with E-state index in [0.717, 1.165) is 73.1 Å². The summed E-state index contributed by atoms with van der Waals surface area (Å²) >= 11 is 0. The monoisotopic (exact) mass is 751 g/mol. The van der Waals surface area contributed by atoms with Gasteiger partial charge in [0, 0.05) is 68.0 Å². The Bertz CT molecular complexity index is 2760. The lowest BCUT2D eigenvalue weighted by Gasteiger charge is -2.39. The summed E-state index contributed by atoms with van der Waals surface area (Å²) < 4.78 is 7.58. The molecule has 1 heterocycles. The fraction of sp³-hybridized carbons (Fsp3) is 0.0192. The van der Waals surface area contributed by atoms with E-state index in [9.17, 15) is 0 Å². The van der Waals surface area contributed by atoms with Crippen molar-refractivity contribution < 1.29 is 4.74 Å². The van der Waals surface area contributed by atoms with Crippen molar-refractivity contribution in [1.29, 1.82) is 0 Å². The molecule has 4 N–H and O–H groups in total. The number of hydrogen-bond donors (Lipinski definition) is 4. The van der Waals surface area contributed by atoms with E-state index in [1.807, 2.05) is 121 Å². The summed E-state index contributed by atoms with van der Waals surface area (Å²) in [5, 5.41) is 15.9. The second-order valence-corrected chi connectivity index (χ2v) is 14.0. The molecule has 1 aromatic heterocycles. The van der Waals surface area contributed by atoms with Gasteiger partial charge in [0.05, 0.1) is 11.2 Å². The Morgan fingerprint density at radius 2 is 0.931 bits per heavy atom. The van der Waals surface area contributed by atoms with Crippen LogP contribution in [0.25, 0.3) is 22.2 Å². The van der Waals surface area contributed by atoms with E-state index in [0.29, 0.717) is 5.75 Å². The first-order chi connectivity index (χ1) is 28.7. The fourth-order valence-electron chi connectivity index (χ4n) is 7.27. The number of benzene rings is 8. The molecular formula is C52H41N5O. The predicted octanol–water partition coefficient (Wildman–Crippen LogP) is 13.5. The lowest BCUT2D eigenvalue weighted by atomic mass is 9.87. The van der Waals surface area contributed by atoms with Crippen LogP contribution in [0.3, 0.4) is 0 Å². The molecule has 0 aliphatic heterocycles. The number of pyridine rings is 1. The van der Waals surface area contributed by atoms with Crippen LogP contribution in [-0.4, -0.2) is 4.98 Å². The van der Waals surface area contributed by atoms with Crippen molar-refractivity contribution in [2.45, 2.75) is 5.72 Å². The van der Waals surface area contributed by atoms with Gasteiger partial charge in [-0.15, -0.1) is 0 Å². The second kappa shape index (κ2) is 16.5. The Balaban J connectivity index is 1.30. The average Bonchev–Trinajstić information content (AvgIpc) is 3.27. The van der Waals surface area contributed by atoms with Crippen LogP contribution in [0.5, 0.6) is 5.75 Å². The molecule has 58 heavy (non-hydrogen) atoms. The van der Waals surface area contributed by atoms with Crippen molar-refractivity contribution in [3.8, 4) is 17.0 Å². The molecule has 9 rings (SSSR count). The van der Waals surface area contributed by atoms with Gasteiger partial charge in [-0.1, -0.05) is 127 Å². The summed E-state index contributed by atoms with van der Waals surface area (Å²) in [6.07, 6.45) is 0. The highest BCUT2D eigenvalue weighted by molar-refractivity contribution is 5.88. The predicted molar refractivity (Wildman–Crippen MR) is 241 cm³/mol. The molecule has 6 nitrogen and oxygen atoms in total. The largest absolute Gasteiger partial charge is 0.460 e. The zero-order valence-corrected chi connectivity index (χ0v) is 31.7. The third-order valence-electron chi connectivity index (χ3n) is 9.94. The van der Waals surface area contributed by atoms with E-state index in [2.05, 4.69) is 124 Å². The highest BCUT2D eigenvalue weighted by atomic mass is 16.5. The van der Waals surface area contributed by atoms with Crippen LogP contribution < -0.4 is 26.0 Å². The maximum Gasteiger partial charge on any atom is 0.234 e. The smallest absolute Gasteiger partial charge is 0.234 e. The molecular weight excluding hydrogens is 711 g/mol. The Morgan fingerprint density at radius 3 is 1.60 bits per heavy atom. The van der Waals surface area contributed by atoms with Crippen molar-refractivity contribution in [1.82, 2.24) is 4.98 Å². The minimum absolute atomic E-state index is 0.657. The van der Waals surface area contributed by atoms with Gasteiger partial charge < -0.3 is 26.0 Å². The van der Waals surface area contributed by atoms with Crippen LogP contribution in [0.1, 0.15) is 11.1 Å². The molecule has 0 aliphatic carbocycles. The zero-order chi connectivity index (χ0) is 39.0. The van der Waals surface area contributed by atoms with Gasteiger partial charge in [-0.2, -0.15) is 0 Å². The van der Waals surface area contributed by atoms with Crippen molar-refractivity contribution in [2.24, 2.45) is 0 Å². The standard InChI is InChI=1S/C52H41N5O/c1-5-20-40(21-6-1)53-44-28-15-19-39(36-44)52(57-43-26-11-4-12-27-43,58-46-30-16-29-45(37-46)54-41-22-7-2-8-23-41)47-31-17-33-49(55-42-24-9-3-10-25-42)51(47)50-35-34-38-18-13-14-32-48(38)56-50/h1-37,53-55,57H. The van der Waals surface area contributed by atoms with Gasteiger partial charge in [0.1, 0.15) is 5.75 Å². The number of hydrogen-bond acceptors (Lipinski definition) is 6. The average molecular weight is 752 g/mol. The Hall–Kier alpha value is -7.83. The van der Waals surface area contributed by atoms with Crippen molar-refractivity contribution in [3.63, 3.8) is 0 Å². The summed E-state index contributed by atoms with van der Waals surface area (Å²) in [6.45, 7) is 0.